The van der Waals surface area contributed by atoms with Crippen LogP contribution in [0.3, 0.4) is 0 Å². The molecule has 5 aromatic heterocycles. The summed E-state index contributed by atoms with van der Waals surface area (Å²) in [6.07, 6.45) is 10.3. The lowest BCUT2D eigenvalue weighted by molar-refractivity contribution is -0.659. The molecular formula is C108H121F5N5+5. The molecule has 0 bridgehead atoms. The molecule has 5 heterocycles. The van der Waals surface area contributed by atoms with Crippen LogP contribution in [0.15, 0.2) is 183 Å². The van der Waals surface area contributed by atoms with Crippen molar-refractivity contribution in [2.45, 2.75) is 190 Å². The minimum atomic E-state index is -0.118. The van der Waals surface area contributed by atoms with Gasteiger partial charge in [0, 0.05) is 29.3 Å². The van der Waals surface area contributed by atoms with E-state index in [4.69, 9.17) is 0 Å². The SMILES string of the molecule is Cc1cc(C)c(F)c(-c2c3cc(C(C)C)ccc3cc[n+]2C)c1C.Cc1cc(C)c(F)c(-c2c3ccc(C(C)C)cc3cc[n+]2C)c1C.Cc1cc(C)c(F)c(-c2c3cccc(C(C)C)c3cc[n+]2C)c1C.Cc1cc(C)c(F)c(-c2c3ccccc3c(C(C)C)c[n+]2C)c1C.Cc1cc(C)c(F)c(-c2c3ccccc3c(C)c[n+]2C)c1C. The first-order valence-electron chi connectivity index (χ1n) is 41.6. The summed E-state index contributed by atoms with van der Waals surface area (Å²) in [5.74, 6) is 1.19. The van der Waals surface area contributed by atoms with Gasteiger partial charge in [0.2, 0.25) is 28.5 Å². The second-order valence-corrected chi connectivity index (χ2v) is 34.5. The zero-order valence-corrected chi connectivity index (χ0v) is 75.3. The standard InChI is InChI=1S/4C22H25FN.C20H21FN/c1-13(2)17-7-8-19-18(12-17)9-10-24(6)22(19)20-16(5)14(3)11-15(4)21(20)23;1-13(2)18-8-7-17-9-10-24(6)22(19(17)12-18)20-16(5)14(3)11-15(4)21(20)23;1-13(2)17-8-7-9-19-18(17)10-11-24(6)22(19)20-16(5)14(3)12-15(4)21(20)23;1-13(2)19-12-24(6)22(18-10-8-7-9-17(18)19)20-16(5)14(3)11-15(4)21(20)23;1-12-10-13(2)19(21)18(15(12)4)20-17-9-7-6-8-16(17)14(3)11-22(20)5/h4*7-13H,1-6H3;6-11H,1-5H3/q5*+1. The Kier molecular flexibility index (Phi) is 26.5. The van der Waals surface area contributed by atoms with Crippen molar-refractivity contribution in [1.29, 1.82) is 0 Å². The Labute approximate surface area is 698 Å². The van der Waals surface area contributed by atoms with Gasteiger partial charge < -0.3 is 0 Å². The fourth-order valence-corrected chi connectivity index (χ4v) is 17.2. The average Bonchev–Trinajstić information content (AvgIpc) is 0.707. The third-order valence-corrected chi connectivity index (χ3v) is 24.6. The molecule has 608 valence electrons. The third kappa shape index (κ3) is 17.0. The van der Waals surface area contributed by atoms with Crippen LogP contribution in [0.2, 0.25) is 0 Å². The predicted octanol–water partition coefficient (Wildman–Crippen LogP) is 26.8. The molecule has 0 N–H and O–H groups in total. The molecule has 5 nitrogen and oxygen atoms in total. The quantitative estimate of drug-likeness (QED) is 0.101. The van der Waals surface area contributed by atoms with Crippen molar-refractivity contribution < 1.29 is 44.8 Å². The highest BCUT2D eigenvalue weighted by molar-refractivity contribution is 6.00. The molecule has 118 heavy (non-hydrogen) atoms. The van der Waals surface area contributed by atoms with Crippen LogP contribution in [-0.2, 0) is 35.2 Å². The van der Waals surface area contributed by atoms with E-state index in [1.54, 1.807) is 0 Å². The molecule has 10 aromatic carbocycles. The maximum atomic E-state index is 15.1. The molecule has 0 atom stereocenters. The molecule has 0 aliphatic heterocycles. The normalized spacial score (nSPS) is 11.4. The number of rotatable bonds is 9. The Bertz CT molecular complexity index is 6140. The summed E-state index contributed by atoms with van der Waals surface area (Å²) in [5.41, 5.74) is 28.9. The summed E-state index contributed by atoms with van der Waals surface area (Å²) in [7, 11) is 9.98. The van der Waals surface area contributed by atoms with Gasteiger partial charge in [0.1, 0.15) is 64.3 Å². The van der Waals surface area contributed by atoms with Gasteiger partial charge >= 0.3 is 0 Å². The predicted molar refractivity (Wildman–Crippen MR) is 485 cm³/mol. The van der Waals surface area contributed by atoms with E-state index in [0.29, 0.717) is 51.5 Å². The number of nitrogens with zero attached hydrogens (tertiary/aromatic N) is 5. The molecule has 10 heteroatoms. The molecule has 15 rings (SSSR count). The van der Waals surface area contributed by atoms with E-state index in [0.717, 1.165) is 150 Å². The Hall–Kier alpha value is -11.1. The zero-order chi connectivity index (χ0) is 86.4. The number of hydrogen-bond donors (Lipinski definition) is 0. The summed E-state index contributed by atoms with van der Waals surface area (Å²) >= 11 is 0. The van der Waals surface area contributed by atoms with Crippen LogP contribution in [0, 0.1) is 140 Å². The largest absolute Gasteiger partial charge is 0.223 e. The van der Waals surface area contributed by atoms with Gasteiger partial charge in [0.15, 0.2) is 31.0 Å². The highest BCUT2D eigenvalue weighted by atomic mass is 19.1. The summed E-state index contributed by atoms with van der Waals surface area (Å²) in [6, 6.07) is 51.9. The van der Waals surface area contributed by atoms with Crippen LogP contribution in [-0.4, -0.2) is 0 Å². The maximum Gasteiger partial charge on any atom is 0.223 e. The van der Waals surface area contributed by atoms with Crippen molar-refractivity contribution >= 4 is 53.9 Å². The molecule has 0 fully saturated rings. The second kappa shape index (κ2) is 35.6. The van der Waals surface area contributed by atoms with Crippen molar-refractivity contribution in [1.82, 2.24) is 0 Å². The molecule has 0 saturated carbocycles. The summed E-state index contributed by atoms with van der Waals surface area (Å²) in [4.78, 5) is 0. The lowest BCUT2D eigenvalue weighted by atomic mass is 9.91. The number of aromatic nitrogens is 5. The first-order chi connectivity index (χ1) is 55.7. The first-order valence-corrected chi connectivity index (χ1v) is 41.6. The van der Waals surface area contributed by atoms with Gasteiger partial charge in [0.05, 0.1) is 54.7 Å². The Balaban J connectivity index is 0.000000145. The maximum absolute atomic E-state index is 15.1. The minimum absolute atomic E-state index is 0.115. The number of hydrogen-bond acceptors (Lipinski definition) is 0. The van der Waals surface area contributed by atoms with Gasteiger partial charge in [-0.1, -0.05) is 159 Å². The van der Waals surface area contributed by atoms with Gasteiger partial charge in [0.25, 0.3) is 0 Å². The fourth-order valence-electron chi connectivity index (χ4n) is 17.2. The smallest absolute Gasteiger partial charge is 0.206 e. The van der Waals surface area contributed by atoms with Crippen LogP contribution in [0.1, 0.15) is 190 Å². The Morgan fingerprint density at radius 1 is 0.220 bits per heavy atom. The molecule has 0 aliphatic carbocycles. The van der Waals surface area contributed by atoms with Crippen LogP contribution < -0.4 is 22.8 Å². The summed E-state index contributed by atoms with van der Waals surface area (Å²) in [6.45, 7) is 49.1. The molecule has 0 saturated heterocycles. The minimum Gasteiger partial charge on any atom is -0.206 e. The number of benzene rings is 10. The Morgan fingerprint density at radius 3 is 0.924 bits per heavy atom. The van der Waals surface area contributed by atoms with Crippen molar-refractivity contribution in [2.75, 3.05) is 0 Å². The highest BCUT2D eigenvalue weighted by Crippen LogP contribution is 2.42. The third-order valence-electron chi connectivity index (χ3n) is 24.6. The van der Waals surface area contributed by atoms with Gasteiger partial charge in [-0.2, -0.15) is 0 Å². The molecule has 0 spiro atoms. The van der Waals surface area contributed by atoms with Gasteiger partial charge in [-0.05, 0) is 292 Å². The fraction of sp³-hybridized carbons (Fsp3) is 0.306. The van der Waals surface area contributed by atoms with E-state index in [1.807, 2.05) is 204 Å². The molecule has 0 amide bonds. The topological polar surface area (TPSA) is 19.4 Å². The van der Waals surface area contributed by atoms with Gasteiger partial charge in [-0.25, -0.2) is 44.8 Å². The lowest BCUT2D eigenvalue weighted by Crippen LogP contribution is -2.32. The van der Waals surface area contributed by atoms with Crippen molar-refractivity contribution in [2.24, 2.45) is 35.2 Å². The second-order valence-electron chi connectivity index (χ2n) is 34.5. The van der Waals surface area contributed by atoms with E-state index in [2.05, 4.69) is 203 Å². The van der Waals surface area contributed by atoms with Crippen LogP contribution in [0.5, 0.6) is 0 Å². The molecule has 0 unspecified atom stereocenters. The van der Waals surface area contributed by atoms with Crippen molar-refractivity contribution in [3.05, 3.63) is 323 Å². The van der Waals surface area contributed by atoms with Crippen LogP contribution in [0.4, 0.5) is 22.0 Å². The van der Waals surface area contributed by atoms with Crippen LogP contribution in [0.25, 0.3) is 110 Å². The zero-order valence-electron chi connectivity index (χ0n) is 75.3. The van der Waals surface area contributed by atoms with Gasteiger partial charge in [-0.15, -0.1) is 0 Å². The monoisotopic (exact) mass is 1580 g/mol. The van der Waals surface area contributed by atoms with E-state index in [9.17, 15) is 4.39 Å². The molecular weight excluding hydrogens is 1460 g/mol. The van der Waals surface area contributed by atoms with Crippen molar-refractivity contribution in [3.8, 4) is 56.3 Å². The molecule has 0 aliphatic rings. The average molecular weight is 1580 g/mol. The first kappa shape index (κ1) is 87.7. The summed E-state index contributed by atoms with van der Waals surface area (Å²) in [5, 5.41) is 11.4. The van der Waals surface area contributed by atoms with E-state index >= 15 is 17.6 Å². The van der Waals surface area contributed by atoms with E-state index < -0.39 is 0 Å². The highest BCUT2D eigenvalue weighted by Gasteiger charge is 2.31. The van der Waals surface area contributed by atoms with Crippen molar-refractivity contribution in [3.63, 3.8) is 0 Å². The van der Waals surface area contributed by atoms with E-state index in [1.165, 1.54) is 44.0 Å². The number of pyridine rings is 5. The molecule has 0 radical (unpaired) electrons. The summed E-state index contributed by atoms with van der Waals surface area (Å²) < 4.78 is 85.4. The number of fused-ring (bicyclic) bond motifs is 5. The van der Waals surface area contributed by atoms with Gasteiger partial charge in [-0.3, -0.25) is 0 Å². The van der Waals surface area contributed by atoms with Crippen LogP contribution >= 0.6 is 0 Å². The van der Waals surface area contributed by atoms with E-state index in [-0.39, 0.29) is 29.1 Å². The number of aryl methyl sites for hydroxylation is 16. The number of halogens is 5. The Morgan fingerprint density at radius 2 is 0.525 bits per heavy atom. The lowest BCUT2D eigenvalue weighted by Gasteiger charge is -2.15. The molecule has 15 aromatic rings.